The van der Waals surface area contributed by atoms with Gasteiger partial charge in [0.2, 0.25) is 0 Å². The Bertz CT molecular complexity index is 518. The van der Waals surface area contributed by atoms with E-state index in [0.717, 1.165) is 20.2 Å². The normalized spacial score (nSPS) is 14.2. The molecule has 4 heteroatoms. The largest absolute Gasteiger partial charge is 0.321 e. The zero-order valence-electron chi connectivity index (χ0n) is 10.0. The Balaban J connectivity index is 2.20. The second kappa shape index (κ2) is 5.51. The van der Waals surface area contributed by atoms with E-state index in [1.54, 1.807) is 6.20 Å². The van der Waals surface area contributed by atoms with E-state index in [1.807, 2.05) is 43.3 Å². The highest BCUT2D eigenvalue weighted by Crippen LogP contribution is 2.24. The molecule has 0 aliphatic heterocycles. The Kier molecular flexibility index (Phi) is 4.20. The first kappa shape index (κ1) is 13.7. The molecule has 1 aromatic heterocycles. The molecule has 94 valence electrons. The number of pyridine rings is 1. The van der Waals surface area contributed by atoms with Gasteiger partial charge in [-0.05, 0) is 52.7 Å². The molecule has 2 rings (SSSR count). The van der Waals surface area contributed by atoms with E-state index in [1.165, 1.54) is 0 Å². The summed E-state index contributed by atoms with van der Waals surface area (Å²) in [6.45, 7) is 2.03. The smallest absolute Gasteiger partial charge is 0.0437 e. The van der Waals surface area contributed by atoms with Crippen molar-refractivity contribution in [3.63, 3.8) is 0 Å². The molecule has 1 atom stereocenters. The fraction of sp³-hybridized carbons (Fsp3) is 0.214. The molecule has 2 aromatic rings. The number of hydrogen-bond acceptors (Lipinski definition) is 2. The lowest BCUT2D eigenvalue weighted by Gasteiger charge is -2.25. The van der Waals surface area contributed by atoms with Crippen LogP contribution in [0.5, 0.6) is 0 Å². The summed E-state index contributed by atoms with van der Waals surface area (Å²) in [5.74, 6) is 0. The minimum Gasteiger partial charge on any atom is -0.321 e. The maximum atomic E-state index is 6.39. The highest BCUT2D eigenvalue weighted by Gasteiger charge is 2.22. The van der Waals surface area contributed by atoms with E-state index in [-0.39, 0.29) is 0 Å². The monoisotopic (exact) mass is 368 g/mol. The summed E-state index contributed by atoms with van der Waals surface area (Å²) in [6, 6.07) is 12.1. The van der Waals surface area contributed by atoms with E-state index in [0.29, 0.717) is 6.42 Å². The molecule has 0 fully saturated rings. The topological polar surface area (TPSA) is 38.9 Å². The number of benzene rings is 1. The lowest BCUT2D eigenvalue weighted by Crippen LogP contribution is -2.35. The molecule has 0 saturated heterocycles. The summed E-state index contributed by atoms with van der Waals surface area (Å²) >= 11 is 6.81. The summed E-state index contributed by atoms with van der Waals surface area (Å²) in [7, 11) is 0. The van der Waals surface area contributed by atoms with Gasteiger partial charge in [-0.2, -0.15) is 0 Å². The van der Waals surface area contributed by atoms with Crippen LogP contribution in [0.1, 0.15) is 18.2 Å². The van der Waals surface area contributed by atoms with Gasteiger partial charge in [0, 0.05) is 32.8 Å². The van der Waals surface area contributed by atoms with Gasteiger partial charge in [0.25, 0.3) is 0 Å². The molecule has 1 heterocycles. The van der Waals surface area contributed by atoms with Crippen LogP contribution >= 0.6 is 31.9 Å². The fourth-order valence-electron chi connectivity index (χ4n) is 1.82. The summed E-state index contributed by atoms with van der Waals surface area (Å²) in [4.78, 5) is 4.37. The number of aromatic nitrogens is 1. The average Bonchev–Trinajstić information content (AvgIpc) is 2.32. The lowest BCUT2D eigenvalue weighted by atomic mass is 9.88. The summed E-state index contributed by atoms with van der Waals surface area (Å²) in [5.41, 5.74) is 8.07. The van der Waals surface area contributed by atoms with Crippen molar-refractivity contribution in [2.45, 2.75) is 18.9 Å². The molecule has 0 aliphatic rings. The third-order valence-electron chi connectivity index (χ3n) is 2.84. The van der Waals surface area contributed by atoms with Crippen molar-refractivity contribution >= 4 is 31.9 Å². The van der Waals surface area contributed by atoms with Crippen LogP contribution in [-0.2, 0) is 12.0 Å². The van der Waals surface area contributed by atoms with E-state index >= 15 is 0 Å². The van der Waals surface area contributed by atoms with Crippen LogP contribution < -0.4 is 5.73 Å². The lowest BCUT2D eigenvalue weighted by molar-refractivity contribution is 0.485. The molecule has 0 saturated carbocycles. The van der Waals surface area contributed by atoms with Gasteiger partial charge in [0.05, 0.1) is 0 Å². The molecule has 0 bridgehead atoms. The zero-order valence-corrected chi connectivity index (χ0v) is 13.2. The summed E-state index contributed by atoms with van der Waals surface area (Å²) < 4.78 is 2.04. The van der Waals surface area contributed by atoms with E-state index in [2.05, 4.69) is 36.8 Å². The van der Waals surface area contributed by atoms with Crippen LogP contribution in [0.3, 0.4) is 0 Å². The number of rotatable bonds is 3. The van der Waals surface area contributed by atoms with Gasteiger partial charge in [-0.25, -0.2) is 0 Å². The molecule has 0 aliphatic carbocycles. The molecule has 18 heavy (non-hydrogen) atoms. The number of nitrogens with two attached hydrogens (primary N) is 1. The van der Waals surface area contributed by atoms with Crippen molar-refractivity contribution in [1.29, 1.82) is 0 Å². The fourth-order valence-corrected chi connectivity index (χ4v) is 2.32. The number of hydrogen-bond donors (Lipinski definition) is 1. The number of halogens is 2. The van der Waals surface area contributed by atoms with Crippen LogP contribution in [0, 0.1) is 0 Å². The Morgan fingerprint density at radius 1 is 1.06 bits per heavy atom. The Morgan fingerprint density at radius 2 is 1.67 bits per heavy atom. The van der Waals surface area contributed by atoms with Crippen molar-refractivity contribution in [3.8, 4) is 0 Å². The maximum Gasteiger partial charge on any atom is 0.0437 e. The third-order valence-corrected chi connectivity index (χ3v) is 3.84. The van der Waals surface area contributed by atoms with Crippen molar-refractivity contribution in [2.24, 2.45) is 5.73 Å². The first-order valence-corrected chi connectivity index (χ1v) is 7.21. The Labute approximate surface area is 124 Å². The van der Waals surface area contributed by atoms with Gasteiger partial charge in [-0.1, -0.05) is 28.1 Å². The van der Waals surface area contributed by atoms with Crippen LogP contribution in [0.4, 0.5) is 0 Å². The van der Waals surface area contributed by atoms with Gasteiger partial charge in [-0.3, -0.25) is 4.98 Å². The van der Waals surface area contributed by atoms with Crippen LogP contribution in [-0.4, -0.2) is 4.98 Å². The second-order valence-corrected chi connectivity index (χ2v) is 6.40. The van der Waals surface area contributed by atoms with Crippen molar-refractivity contribution in [1.82, 2.24) is 4.98 Å². The van der Waals surface area contributed by atoms with Crippen LogP contribution in [0.2, 0.25) is 0 Å². The molecular weight excluding hydrogens is 356 g/mol. The molecule has 2 nitrogen and oxygen atoms in total. The van der Waals surface area contributed by atoms with E-state index in [9.17, 15) is 0 Å². The highest BCUT2D eigenvalue weighted by atomic mass is 79.9. The molecule has 0 radical (unpaired) electrons. The molecule has 2 N–H and O–H groups in total. The van der Waals surface area contributed by atoms with Crippen molar-refractivity contribution in [3.05, 3.63) is 62.8 Å². The van der Waals surface area contributed by atoms with Gasteiger partial charge < -0.3 is 5.73 Å². The molecule has 0 spiro atoms. The molecule has 0 amide bonds. The van der Waals surface area contributed by atoms with Gasteiger partial charge in [-0.15, -0.1) is 0 Å². The summed E-state index contributed by atoms with van der Waals surface area (Å²) in [5, 5.41) is 0. The van der Waals surface area contributed by atoms with Gasteiger partial charge in [0.15, 0.2) is 0 Å². The Morgan fingerprint density at radius 3 is 2.22 bits per heavy atom. The third kappa shape index (κ3) is 3.40. The molecule has 1 unspecified atom stereocenters. The average molecular weight is 370 g/mol. The standard InChI is InChI=1S/C14H14Br2N2/c1-14(17,10-2-4-11(15)5-3-10)8-13-7-6-12(16)9-18-13/h2-7,9H,8,17H2,1H3. The minimum atomic E-state index is -0.415. The first-order chi connectivity index (χ1) is 8.47. The molecule has 1 aromatic carbocycles. The predicted octanol–water partition coefficient (Wildman–Crippen LogP) is 4.02. The van der Waals surface area contributed by atoms with Gasteiger partial charge >= 0.3 is 0 Å². The first-order valence-electron chi connectivity index (χ1n) is 5.63. The Hall–Kier alpha value is -0.710. The maximum absolute atomic E-state index is 6.39. The van der Waals surface area contributed by atoms with Crippen LogP contribution in [0.25, 0.3) is 0 Å². The molecular formula is C14H14Br2N2. The number of nitrogens with zero attached hydrogens (tertiary/aromatic N) is 1. The summed E-state index contributed by atoms with van der Waals surface area (Å²) in [6.07, 6.45) is 2.51. The zero-order chi connectivity index (χ0) is 13.2. The SMILES string of the molecule is CC(N)(Cc1ccc(Br)cn1)c1ccc(Br)cc1. The van der Waals surface area contributed by atoms with Crippen molar-refractivity contribution < 1.29 is 0 Å². The minimum absolute atomic E-state index is 0.415. The van der Waals surface area contributed by atoms with Gasteiger partial charge in [0.1, 0.15) is 0 Å². The quantitative estimate of drug-likeness (QED) is 0.887. The second-order valence-electron chi connectivity index (χ2n) is 4.57. The van der Waals surface area contributed by atoms with Crippen LogP contribution in [0.15, 0.2) is 51.5 Å². The predicted molar refractivity (Wildman–Crippen MR) is 81.3 cm³/mol. The van der Waals surface area contributed by atoms with Crippen molar-refractivity contribution in [2.75, 3.05) is 0 Å². The highest BCUT2D eigenvalue weighted by molar-refractivity contribution is 9.10. The van der Waals surface area contributed by atoms with E-state index < -0.39 is 5.54 Å². The van der Waals surface area contributed by atoms with E-state index in [4.69, 9.17) is 5.73 Å².